The quantitative estimate of drug-likeness (QED) is 0.338. The molecule has 7 unspecified atom stereocenters. The molecule has 0 aromatic carbocycles. The standard InChI is InChI=1S/C30H45NO9/c1-15(2)21-10-18-11-28(13-32)20-9-8-16(3)19(20)12-29(18,30(21,28)26(34)35)14-38-25-22(33)24(40-27(36)31(5)6)23(37-7)17(4)39-25/h10,13,15-20,22-25,33H,8-9,11-12,14H2,1-7H3,(H,34,35)/t16?,17-,18?,19?,20?,22+,23-,24+,25-,28?,29?,30?/m1/s1. The van der Waals surface area contributed by atoms with E-state index >= 15 is 0 Å². The summed E-state index contributed by atoms with van der Waals surface area (Å²) in [4.78, 5) is 40.5. The molecule has 0 spiro atoms. The van der Waals surface area contributed by atoms with E-state index in [9.17, 15) is 24.6 Å². The van der Waals surface area contributed by atoms with Gasteiger partial charge in [0.25, 0.3) is 0 Å². The van der Waals surface area contributed by atoms with Crippen LogP contribution in [-0.4, -0.2) is 92.0 Å². The Bertz CT molecular complexity index is 1080. The second kappa shape index (κ2) is 10.1. The van der Waals surface area contributed by atoms with E-state index in [-0.39, 0.29) is 30.3 Å². The van der Waals surface area contributed by atoms with Crippen LogP contribution < -0.4 is 0 Å². The Morgan fingerprint density at radius 2 is 1.90 bits per heavy atom. The molecule has 3 saturated carbocycles. The highest BCUT2D eigenvalue weighted by Crippen LogP contribution is 2.82. The minimum absolute atomic E-state index is 0.00264. The molecule has 5 aliphatic rings. The van der Waals surface area contributed by atoms with Crippen LogP contribution >= 0.6 is 0 Å². The fourth-order valence-corrected chi connectivity index (χ4v) is 9.67. The number of carbonyl (C=O) groups is 3. The van der Waals surface area contributed by atoms with Crippen LogP contribution in [0.15, 0.2) is 11.6 Å². The van der Waals surface area contributed by atoms with Gasteiger partial charge in [0.15, 0.2) is 12.4 Å². The van der Waals surface area contributed by atoms with Crippen molar-refractivity contribution in [1.82, 2.24) is 4.90 Å². The summed E-state index contributed by atoms with van der Waals surface area (Å²) in [5.74, 6) is -0.541. The van der Waals surface area contributed by atoms with Crippen molar-refractivity contribution in [3.05, 3.63) is 11.6 Å². The first-order valence-corrected chi connectivity index (χ1v) is 14.6. The summed E-state index contributed by atoms with van der Waals surface area (Å²) in [6, 6.07) is 0. The van der Waals surface area contributed by atoms with Crippen LogP contribution in [0.1, 0.15) is 53.4 Å². The van der Waals surface area contributed by atoms with Gasteiger partial charge in [-0.05, 0) is 55.8 Å². The van der Waals surface area contributed by atoms with Gasteiger partial charge in [0.1, 0.15) is 23.9 Å². The summed E-state index contributed by atoms with van der Waals surface area (Å²) in [5.41, 5.74) is -2.43. The molecule has 0 aromatic rings. The maximum atomic E-state index is 13.6. The number of ether oxygens (including phenoxy) is 4. The number of nitrogens with zero attached hydrogens (tertiary/aromatic N) is 1. The van der Waals surface area contributed by atoms with Crippen molar-refractivity contribution in [3.63, 3.8) is 0 Å². The fourth-order valence-electron chi connectivity index (χ4n) is 9.67. The average molecular weight is 564 g/mol. The highest BCUT2D eigenvalue weighted by atomic mass is 16.7. The topological polar surface area (TPSA) is 132 Å². The second-order valence-electron chi connectivity index (χ2n) is 13.4. The molecule has 0 radical (unpaired) electrons. The molecule has 1 saturated heterocycles. The Morgan fingerprint density at radius 1 is 1.20 bits per heavy atom. The minimum Gasteiger partial charge on any atom is -0.481 e. The first kappa shape index (κ1) is 29.5. The molecule has 1 aliphatic heterocycles. The van der Waals surface area contributed by atoms with Crippen LogP contribution in [-0.2, 0) is 28.5 Å². The highest BCUT2D eigenvalue weighted by molar-refractivity contribution is 5.90. The Balaban J connectivity index is 1.52. The highest BCUT2D eigenvalue weighted by Gasteiger charge is 2.84. The van der Waals surface area contributed by atoms with Gasteiger partial charge < -0.3 is 38.9 Å². The van der Waals surface area contributed by atoms with Crippen molar-refractivity contribution in [2.75, 3.05) is 27.8 Å². The van der Waals surface area contributed by atoms with Crippen molar-refractivity contribution < 1.29 is 43.5 Å². The summed E-state index contributed by atoms with van der Waals surface area (Å²) in [6.45, 7) is 7.96. The number of carboxylic acids is 1. The number of aliphatic hydroxyl groups excluding tert-OH is 1. The predicted octanol–water partition coefficient (Wildman–Crippen LogP) is 3.12. The SMILES string of the molecule is CO[C@H]1[C@@H](OC(=O)N(C)C)[C@H](O)[C@H](OCC23CC4C(C)CCC4C4(C=O)CC2C=C(C(C)C)C43C(=O)O)O[C@@H]1C. The molecule has 12 atom stereocenters. The summed E-state index contributed by atoms with van der Waals surface area (Å²) >= 11 is 0. The third-order valence-electron chi connectivity index (χ3n) is 11.3. The monoisotopic (exact) mass is 563 g/mol. The van der Waals surface area contributed by atoms with Gasteiger partial charge in [0, 0.05) is 26.6 Å². The molecule has 224 valence electrons. The number of carboxylic acid groups (broad SMARTS) is 1. The third-order valence-corrected chi connectivity index (χ3v) is 11.3. The fraction of sp³-hybridized carbons (Fsp3) is 0.833. The minimum atomic E-state index is -1.39. The molecule has 10 nitrogen and oxygen atoms in total. The lowest BCUT2D eigenvalue weighted by molar-refractivity contribution is -0.306. The van der Waals surface area contributed by atoms with E-state index in [4.69, 9.17) is 18.9 Å². The molecular weight excluding hydrogens is 518 g/mol. The number of hydrogen-bond acceptors (Lipinski definition) is 8. The number of aldehydes is 1. The number of rotatable bonds is 8. The number of fused-ring (bicyclic) bond motifs is 2. The third kappa shape index (κ3) is 3.64. The maximum absolute atomic E-state index is 13.6. The lowest BCUT2D eigenvalue weighted by atomic mass is 9.43. The van der Waals surface area contributed by atoms with Crippen LogP contribution in [0.25, 0.3) is 0 Å². The Morgan fingerprint density at radius 3 is 2.48 bits per heavy atom. The number of aliphatic carboxylic acids is 1. The number of amides is 1. The van der Waals surface area contributed by atoms with E-state index < -0.39 is 59.0 Å². The lowest BCUT2D eigenvalue weighted by Crippen LogP contribution is -2.64. The van der Waals surface area contributed by atoms with Gasteiger partial charge in [-0.15, -0.1) is 0 Å². The molecule has 40 heavy (non-hydrogen) atoms. The van der Waals surface area contributed by atoms with Gasteiger partial charge in [0.2, 0.25) is 0 Å². The normalized spacial score (nSPS) is 47.1. The van der Waals surface area contributed by atoms with Crippen molar-refractivity contribution in [3.8, 4) is 0 Å². The van der Waals surface area contributed by atoms with Gasteiger partial charge in [-0.25, -0.2) is 4.79 Å². The molecule has 1 amide bonds. The smallest absolute Gasteiger partial charge is 0.409 e. The zero-order chi connectivity index (χ0) is 29.4. The Hall–Kier alpha value is -2.01. The second-order valence-corrected chi connectivity index (χ2v) is 13.4. The van der Waals surface area contributed by atoms with Crippen LogP contribution in [0.4, 0.5) is 4.79 Å². The maximum Gasteiger partial charge on any atom is 0.409 e. The molecule has 1 heterocycles. The predicted molar refractivity (Wildman–Crippen MR) is 143 cm³/mol. The van der Waals surface area contributed by atoms with Crippen molar-refractivity contribution >= 4 is 18.3 Å². The van der Waals surface area contributed by atoms with Crippen LogP contribution in [0.5, 0.6) is 0 Å². The molecule has 10 heteroatoms. The van der Waals surface area contributed by atoms with E-state index in [1.165, 1.54) is 12.0 Å². The van der Waals surface area contributed by atoms with E-state index in [1.54, 1.807) is 21.0 Å². The van der Waals surface area contributed by atoms with Crippen molar-refractivity contribution in [1.29, 1.82) is 0 Å². The van der Waals surface area contributed by atoms with Gasteiger partial charge in [-0.3, -0.25) is 4.79 Å². The Kier molecular flexibility index (Phi) is 7.42. The van der Waals surface area contributed by atoms with Gasteiger partial charge >= 0.3 is 12.1 Å². The molecule has 2 N–H and O–H groups in total. The Labute approximate surface area is 236 Å². The number of aliphatic hydroxyl groups is 1. The number of allylic oxidation sites excluding steroid dienone is 1. The van der Waals surface area contributed by atoms with E-state index in [0.29, 0.717) is 18.8 Å². The van der Waals surface area contributed by atoms with E-state index in [0.717, 1.165) is 24.7 Å². The number of methoxy groups -OCH3 is 1. The summed E-state index contributed by atoms with van der Waals surface area (Å²) < 4.78 is 23.6. The number of carbonyl (C=O) groups excluding carboxylic acids is 2. The van der Waals surface area contributed by atoms with Gasteiger partial charge in [-0.1, -0.05) is 38.8 Å². The van der Waals surface area contributed by atoms with Gasteiger partial charge in [0.05, 0.1) is 18.1 Å². The van der Waals surface area contributed by atoms with Crippen LogP contribution in [0, 0.1) is 45.8 Å². The molecular formula is C30H45NO9. The van der Waals surface area contributed by atoms with Gasteiger partial charge in [-0.2, -0.15) is 0 Å². The molecule has 4 bridgehead atoms. The van der Waals surface area contributed by atoms with Crippen molar-refractivity contribution in [2.24, 2.45) is 45.8 Å². The molecule has 4 fully saturated rings. The summed E-state index contributed by atoms with van der Waals surface area (Å²) in [7, 11) is 4.55. The molecule has 4 aliphatic carbocycles. The van der Waals surface area contributed by atoms with Crippen molar-refractivity contribution in [2.45, 2.75) is 84.1 Å². The van der Waals surface area contributed by atoms with Crippen LogP contribution in [0.2, 0.25) is 0 Å². The number of hydrogen-bond donors (Lipinski definition) is 2. The first-order valence-electron chi connectivity index (χ1n) is 14.6. The summed E-state index contributed by atoms with van der Waals surface area (Å²) in [5, 5.41) is 22.5. The average Bonchev–Trinajstić information content (AvgIpc) is 3.47. The zero-order valence-corrected chi connectivity index (χ0v) is 24.7. The molecule has 0 aromatic heterocycles. The lowest BCUT2D eigenvalue weighted by Gasteiger charge is -2.58. The first-order chi connectivity index (χ1) is 18.8. The largest absolute Gasteiger partial charge is 0.481 e. The van der Waals surface area contributed by atoms with E-state index in [2.05, 4.69) is 13.0 Å². The molecule has 5 rings (SSSR count). The summed E-state index contributed by atoms with van der Waals surface area (Å²) in [6.07, 6.45) is 0.528. The van der Waals surface area contributed by atoms with E-state index in [1.807, 2.05) is 13.8 Å². The van der Waals surface area contributed by atoms with Crippen LogP contribution in [0.3, 0.4) is 0 Å². The zero-order valence-electron chi connectivity index (χ0n) is 24.7.